The fourth-order valence-electron chi connectivity index (χ4n) is 2.40. The van der Waals surface area contributed by atoms with E-state index in [1.807, 2.05) is 19.9 Å². The highest BCUT2D eigenvalue weighted by molar-refractivity contribution is 9.10. The normalized spacial score (nSPS) is 18.1. The van der Waals surface area contributed by atoms with Gasteiger partial charge in [0.05, 0.1) is 10.6 Å². The number of hydrogen-bond donors (Lipinski definition) is 2. The monoisotopic (exact) mass is 375 g/mol. The standard InChI is InChI=1S/C13H19BrClN5O/c1-13(2,12(16)18-21)20-5-3-19(4-6-20)11-10(15)7-9(14)8-17-11/h7-8,21H,3-6H2,1-2H3,(H2,16,18). The van der Waals surface area contributed by atoms with Crippen LogP contribution >= 0.6 is 27.5 Å². The highest BCUT2D eigenvalue weighted by atomic mass is 79.9. The molecule has 2 heterocycles. The molecule has 1 aliphatic rings. The number of nitrogens with two attached hydrogens (primary N) is 1. The Labute approximate surface area is 137 Å². The summed E-state index contributed by atoms with van der Waals surface area (Å²) in [6.45, 7) is 7.05. The molecular weight excluding hydrogens is 358 g/mol. The minimum absolute atomic E-state index is 0.218. The maximum Gasteiger partial charge on any atom is 0.159 e. The Morgan fingerprint density at radius 1 is 1.43 bits per heavy atom. The number of hydrogen-bond acceptors (Lipinski definition) is 5. The first-order chi connectivity index (χ1) is 9.86. The predicted octanol–water partition coefficient (Wildman–Crippen LogP) is 2.14. The van der Waals surface area contributed by atoms with Crippen LogP contribution in [0.25, 0.3) is 0 Å². The Kier molecular flexibility index (Phi) is 4.95. The number of anilines is 1. The first-order valence-corrected chi connectivity index (χ1v) is 7.82. The van der Waals surface area contributed by atoms with Crippen LogP contribution in [-0.2, 0) is 0 Å². The fraction of sp³-hybridized carbons (Fsp3) is 0.538. The highest BCUT2D eigenvalue weighted by Gasteiger charge is 2.34. The number of oxime groups is 1. The number of aromatic nitrogens is 1. The number of nitrogens with zero attached hydrogens (tertiary/aromatic N) is 4. The molecule has 6 nitrogen and oxygen atoms in total. The molecule has 0 aromatic carbocycles. The van der Waals surface area contributed by atoms with Crippen LogP contribution in [0.3, 0.4) is 0 Å². The van der Waals surface area contributed by atoms with E-state index >= 15 is 0 Å². The van der Waals surface area contributed by atoms with Crippen LogP contribution in [0.5, 0.6) is 0 Å². The van der Waals surface area contributed by atoms with Gasteiger partial charge in [0.15, 0.2) is 5.84 Å². The zero-order valence-corrected chi connectivity index (χ0v) is 14.4. The van der Waals surface area contributed by atoms with Crippen LogP contribution in [0.4, 0.5) is 5.82 Å². The van der Waals surface area contributed by atoms with Gasteiger partial charge in [-0.05, 0) is 35.8 Å². The van der Waals surface area contributed by atoms with Crippen molar-refractivity contribution in [3.63, 3.8) is 0 Å². The summed E-state index contributed by atoms with van der Waals surface area (Å²) < 4.78 is 0.864. The van der Waals surface area contributed by atoms with Crippen LogP contribution in [0, 0.1) is 0 Å². The van der Waals surface area contributed by atoms with E-state index in [9.17, 15) is 0 Å². The van der Waals surface area contributed by atoms with Crippen LogP contribution < -0.4 is 10.6 Å². The molecule has 0 atom stereocenters. The third kappa shape index (κ3) is 3.41. The van der Waals surface area contributed by atoms with Crippen LogP contribution in [0.2, 0.25) is 5.02 Å². The van der Waals surface area contributed by atoms with Gasteiger partial charge in [-0.3, -0.25) is 4.90 Å². The first kappa shape index (κ1) is 16.3. The number of halogens is 2. The smallest absolute Gasteiger partial charge is 0.159 e. The molecule has 1 fully saturated rings. The number of piperazine rings is 1. The molecule has 1 saturated heterocycles. The van der Waals surface area contributed by atoms with Gasteiger partial charge < -0.3 is 15.8 Å². The summed E-state index contributed by atoms with van der Waals surface area (Å²) in [6.07, 6.45) is 1.74. The fourth-order valence-corrected chi connectivity index (χ4v) is 3.15. The third-order valence-corrected chi connectivity index (χ3v) is 4.60. The predicted molar refractivity (Wildman–Crippen MR) is 88.2 cm³/mol. The van der Waals surface area contributed by atoms with Gasteiger partial charge >= 0.3 is 0 Å². The van der Waals surface area contributed by atoms with Crippen molar-refractivity contribution in [2.75, 3.05) is 31.1 Å². The topological polar surface area (TPSA) is 78.0 Å². The molecule has 2 rings (SSSR count). The lowest BCUT2D eigenvalue weighted by Crippen LogP contribution is -2.60. The lowest BCUT2D eigenvalue weighted by Gasteiger charge is -2.43. The van der Waals surface area contributed by atoms with E-state index in [0.717, 1.165) is 36.5 Å². The summed E-state index contributed by atoms with van der Waals surface area (Å²) in [6, 6.07) is 1.84. The molecule has 1 aromatic heterocycles. The van der Waals surface area contributed by atoms with Crippen LogP contribution in [0.1, 0.15) is 13.8 Å². The van der Waals surface area contributed by atoms with Crippen LogP contribution in [-0.4, -0.2) is 52.6 Å². The average molecular weight is 377 g/mol. The zero-order valence-electron chi connectivity index (χ0n) is 12.1. The van der Waals surface area contributed by atoms with Crippen molar-refractivity contribution in [3.8, 4) is 0 Å². The number of amidine groups is 1. The van der Waals surface area contributed by atoms with E-state index in [-0.39, 0.29) is 5.84 Å². The zero-order chi connectivity index (χ0) is 15.6. The van der Waals surface area contributed by atoms with Gasteiger partial charge in [-0.2, -0.15) is 0 Å². The lowest BCUT2D eigenvalue weighted by molar-refractivity contribution is 0.161. The summed E-state index contributed by atoms with van der Waals surface area (Å²) in [4.78, 5) is 8.71. The molecule has 1 aromatic rings. The molecule has 116 valence electrons. The van der Waals surface area contributed by atoms with E-state index in [1.165, 1.54) is 0 Å². The van der Waals surface area contributed by atoms with Gasteiger partial charge in [0.2, 0.25) is 0 Å². The van der Waals surface area contributed by atoms with E-state index in [4.69, 9.17) is 22.5 Å². The van der Waals surface area contributed by atoms with Crippen molar-refractivity contribution in [1.82, 2.24) is 9.88 Å². The molecular formula is C13H19BrClN5O. The maximum atomic E-state index is 8.89. The Hall–Kier alpha value is -1.05. The van der Waals surface area contributed by atoms with E-state index < -0.39 is 5.54 Å². The summed E-state index contributed by atoms with van der Waals surface area (Å²) in [7, 11) is 0. The van der Waals surface area contributed by atoms with Gasteiger partial charge in [-0.1, -0.05) is 16.8 Å². The van der Waals surface area contributed by atoms with E-state index in [1.54, 1.807) is 6.20 Å². The van der Waals surface area contributed by atoms with E-state index in [0.29, 0.717) is 5.02 Å². The SMILES string of the molecule is CC(C)(C(N)=NO)N1CCN(c2ncc(Br)cc2Cl)CC1. The van der Waals surface area contributed by atoms with Gasteiger partial charge in [-0.25, -0.2) is 4.98 Å². The second-order valence-corrected chi connectivity index (χ2v) is 6.80. The highest BCUT2D eigenvalue weighted by Crippen LogP contribution is 2.28. The second kappa shape index (κ2) is 6.37. The molecule has 0 aliphatic carbocycles. The van der Waals surface area contributed by atoms with Crippen molar-refractivity contribution < 1.29 is 5.21 Å². The largest absolute Gasteiger partial charge is 0.409 e. The van der Waals surface area contributed by atoms with Crippen molar-refractivity contribution >= 4 is 39.2 Å². The van der Waals surface area contributed by atoms with Crippen molar-refractivity contribution in [1.29, 1.82) is 0 Å². The van der Waals surface area contributed by atoms with Crippen molar-refractivity contribution in [3.05, 3.63) is 21.8 Å². The summed E-state index contributed by atoms with van der Waals surface area (Å²) in [5.41, 5.74) is 5.30. The van der Waals surface area contributed by atoms with E-state index in [2.05, 4.69) is 35.9 Å². The average Bonchev–Trinajstić information content (AvgIpc) is 2.46. The Bertz CT molecular complexity index is 543. The van der Waals surface area contributed by atoms with Crippen molar-refractivity contribution in [2.24, 2.45) is 10.9 Å². The first-order valence-electron chi connectivity index (χ1n) is 6.65. The molecule has 0 amide bonds. The minimum Gasteiger partial charge on any atom is -0.409 e. The molecule has 0 spiro atoms. The Morgan fingerprint density at radius 2 is 2.05 bits per heavy atom. The Balaban J connectivity index is 2.07. The molecule has 1 aliphatic heterocycles. The molecule has 0 unspecified atom stereocenters. The molecule has 0 bridgehead atoms. The summed E-state index contributed by atoms with van der Waals surface area (Å²) >= 11 is 9.60. The summed E-state index contributed by atoms with van der Waals surface area (Å²) in [5, 5.41) is 12.7. The molecule has 3 N–H and O–H groups in total. The third-order valence-electron chi connectivity index (χ3n) is 3.89. The summed E-state index contributed by atoms with van der Waals surface area (Å²) in [5.74, 6) is 1.01. The number of pyridine rings is 1. The van der Waals surface area contributed by atoms with Gasteiger partial charge in [0, 0.05) is 36.8 Å². The Morgan fingerprint density at radius 3 is 2.57 bits per heavy atom. The maximum absolute atomic E-state index is 8.89. The quantitative estimate of drug-likeness (QED) is 0.366. The van der Waals surface area contributed by atoms with Gasteiger partial charge in [-0.15, -0.1) is 0 Å². The molecule has 8 heteroatoms. The van der Waals surface area contributed by atoms with Gasteiger partial charge in [0.1, 0.15) is 5.82 Å². The minimum atomic E-state index is -0.474. The second-order valence-electron chi connectivity index (χ2n) is 5.48. The molecule has 21 heavy (non-hydrogen) atoms. The lowest BCUT2D eigenvalue weighted by atomic mass is 10.0. The van der Waals surface area contributed by atoms with Gasteiger partial charge in [0.25, 0.3) is 0 Å². The van der Waals surface area contributed by atoms with Crippen LogP contribution in [0.15, 0.2) is 21.9 Å². The van der Waals surface area contributed by atoms with Crippen molar-refractivity contribution in [2.45, 2.75) is 19.4 Å². The molecule has 0 saturated carbocycles. The molecule has 0 radical (unpaired) electrons. The number of rotatable bonds is 3.